The van der Waals surface area contributed by atoms with Crippen LogP contribution in [0.2, 0.25) is 5.02 Å². The lowest BCUT2D eigenvalue weighted by atomic mass is 10.3. The lowest BCUT2D eigenvalue weighted by Crippen LogP contribution is -2.11. The quantitative estimate of drug-likeness (QED) is 0.556. The number of aliphatic imine (C=N–C) groups is 1. The molecule has 0 fully saturated rings. The molecule has 0 spiro atoms. The molecule has 1 aromatic heterocycles. The Morgan fingerprint density at radius 1 is 1.21 bits per heavy atom. The van der Waals surface area contributed by atoms with E-state index in [1.165, 1.54) is 6.20 Å². The number of rotatable bonds is 4. The Morgan fingerprint density at radius 2 is 1.96 bits per heavy atom. The van der Waals surface area contributed by atoms with Crippen molar-refractivity contribution in [2.45, 2.75) is 0 Å². The zero-order valence-corrected chi connectivity index (χ0v) is 13.6. The zero-order chi connectivity index (χ0) is 16.9. The van der Waals surface area contributed by atoms with E-state index in [2.05, 4.69) is 22.0 Å². The van der Waals surface area contributed by atoms with Crippen LogP contribution in [0.25, 0.3) is 16.7 Å². The predicted molar refractivity (Wildman–Crippen MR) is 101 cm³/mol. The lowest BCUT2D eigenvalue weighted by molar-refractivity contribution is 0.900. The van der Waals surface area contributed by atoms with E-state index in [4.69, 9.17) is 17.3 Å². The molecule has 120 valence electrons. The van der Waals surface area contributed by atoms with Gasteiger partial charge in [-0.1, -0.05) is 36.4 Å². The number of fused-ring (bicyclic) bond motifs is 1. The lowest BCUT2D eigenvalue weighted by Gasteiger charge is -2.08. The molecule has 0 saturated carbocycles. The average molecular weight is 338 g/mol. The molecule has 3 aromatic rings. The molecule has 0 amide bonds. The van der Waals surface area contributed by atoms with Gasteiger partial charge in [0.15, 0.2) is 5.82 Å². The molecule has 0 radical (unpaired) electrons. The van der Waals surface area contributed by atoms with Crippen LogP contribution < -0.4 is 11.1 Å². The van der Waals surface area contributed by atoms with Gasteiger partial charge < -0.3 is 11.1 Å². The topological polar surface area (TPSA) is 68.2 Å². The number of nitrogens with two attached hydrogens (primary N) is 1. The van der Waals surface area contributed by atoms with E-state index >= 15 is 0 Å². The van der Waals surface area contributed by atoms with Crippen LogP contribution in [-0.4, -0.2) is 15.6 Å². The molecule has 0 bridgehead atoms. The summed E-state index contributed by atoms with van der Waals surface area (Å²) in [6, 6.07) is 15.1. The molecule has 0 aliphatic heterocycles. The molecule has 0 aliphatic carbocycles. The van der Waals surface area contributed by atoms with E-state index in [0.29, 0.717) is 16.7 Å². The number of benzene rings is 2. The molecular formula is C18H16ClN5. The summed E-state index contributed by atoms with van der Waals surface area (Å²) >= 11 is 5.89. The van der Waals surface area contributed by atoms with E-state index in [1.54, 1.807) is 22.9 Å². The molecule has 3 rings (SSSR count). The van der Waals surface area contributed by atoms with Gasteiger partial charge in [-0.3, -0.25) is 0 Å². The van der Waals surface area contributed by atoms with Crippen LogP contribution in [0.1, 0.15) is 0 Å². The summed E-state index contributed by atoms with van der Waals surface area (Å²) in [4.78, 5) is 4.49. The van der Waals surface area contributed by atoms with Crippen molar-refractivity contribution >= 4 is 39.8 Å². The minimum Gasteiger partial charge on any atom is -0.402 e. The van der Waals surface area contributed by atoms with Gasteiger partial charge in [-0.25, -0.2) is 9.67 Å². The highest BCUT2D eigenvalue weighted by Gasteiger charge is 2.05. The summed E-state index contributed by atoms with van der Waals surface area (Å²) in [7, 11) is 0. The van der Waals surface area contributed by atoms with Gasteiger partial charge in [-0.15, -0.1) is 0 Å². The number of hydrogen-bond acceptors (Lipinski definition) is 3. The first-order valence-corrected chi connectivity index (χ1v) is 7.68. The first-order valence-electron chi connectivity index (χ1n) is 7.30. The Morgan fingerprint density at radius 3 is 2.62 bits per heavy atom. The van der Waals surface area contributed by atoms with E-state index in [0.717, 1.165) is 16.6 Å². The summed E-state index contributed by atoms with van der Waals surface area (Å²) in [6.45, 7) is 3.78. The molecule has 2 aromatic carbocycles. The maximum atomic E-state index is 5.89. The number of nitrogens with one attached hydrogen (secondary N) is 1. The van der Waals surface area contributed by atoms with Crippen LogP contribution >= 0.6 is 11.6 Å². The van der Waals surface area contributed by atoms with Crippen molar-refractivity contribution in [2.24, 2.45) is 10.7 Å². The average Bonchev–Trinajstić information content (AvgIpc) is 3.04. The fourth-order valence-electron chi connectivity index (χ4n) is 2.18. The molecule has 0 aliphatic rings. The summed E-state index contributed by atoms with van der Waals surface area (Å²) in [5.74, 6) is 1.04. The van der Waals surface area contributed by atoms with Gasteiger partial charge in [0.2, 0.25) is 0 Å². The van der Waals surface area contributed by atoms with Crippen molar-refractivity contribution in [1.82, 2.24) is 9.78 Å². The van der Waals surface area contributed by atoms with Gasteiger partial charge in [0.05, 0.1) is 5.52 Å². The number of halogens is 1. The van der Waals surface area contributed by atoms with Crippen LogP contribution in [0, 0.1) is 0 Å². The van der Waals surface area contributed by atoms with E-state index in [1.807, 2.05) is 42.6 Å². The molecule has 5 nitrogen and oxygen atoms in total. The second-order valence-electron chi connectivity index (χ2n) is 4.99. The zero-order valence-electron chi connectivity index (χ0n) is 12.9. The van der Waals surface area contributed by atoms with Gasteiger partial charge in [0.25, 0.3) is 0 Å². The largest absolute Gasteiger partial charge is 0.402 e. The normalized spacial score (nSPS) is 12.4. The Balaban J connectivity index is 1.89. The first-order chi connectivity index (χ1) is 11.7. The van der Waals surface area contributed by atoms with Crippen molar-refractivity contribution in [3.63, 3.8) is 0 Å². The minimum absolute atomic E-state index is 0.488. The number of hydrogen-bond donors (Lipinski definition) is 2. The molecular weight excluding hydrogens is 322 g/mol. The van der Waals surface area contributed by atoms with Gasteiger partial charge in [-0.05, 0) is 36.4 Å². The Labute approximate surface area is 144 Å². The standard InChI is InChI=1S/C18H16ClN5/c1-2-17(21-15-9-7-14(19)8-10-15)22-18(11-20)24-12-13-5-3-4-6-16(13)23-24/h2-12H,1,20H2,(H,21,22)/b18-11+. The first kappa shape index (κ1) is 15.8. The van der Waals surface area contributed by atoms with E-state index in [9.17, 15) is 0 Å². The fourth-order valence-corrected chi connectivity index (χ4v) is 2.30. The van der Waals surface area contributed by atoms with Crippen LogP contribution in [0.4, 0.5) is 5.69 Å². The third-order valence-electron chi connectivity index (χ3n) is 3.34. The Kier molecular flexibility index (Phi) is 4.63. The minimum atomic E-state index is 0.488. The summed E-state index contributed by atoms with van der Waals surface area (Å²) < 4.78 is 1.64. The molecule has 24 heavy (non-hydrogen) atoms. The van der Waals surface area contributed by atoms with E-state index < -0.39 is 0 Å². The highest BCUT2D eigenvalue weighted by Crippen LogP contribution is 2.16. The van der Waals surface area contributed by atoms with Gasteiger partial charge in [0, 0.05) is 28.5 Å². The highest BCUT2D eigenvalue weighted by molar-refractivity contribution is 6.30. The van der Waals surface area contributed by atoms with Crippen LogP contribution in [0.15, 0.2) is 78.6 Å². The van der Waals surface area contributed by atoms with Crippen molar-refractivity contribution in [3.8, 4) is 0 Å². The monoisotopic (exact) mass is 337 g/mol. The van der Waals surface area contributed by atoms with Gasteiger partial charge in [-0.2, -0.15) is 5.10 Å². The van der Waals surface area contributed by atoms with Crippen LogP contribution in [-0.2, 0) is 0 Å². The second kappa shape index (κ2) is 7.02. The third-order valence-corrected chi connectivity index (χ3v) is 3.59. The van der Waals surface area contributed by atoms with Crippen LogP contribution in [0.5, 0.6) is 0 Å². The van der Waals surface area contributed by atoms with E-state index in [-0.39, 0.29) is 0 Å². The van der Waals surface area contributed by atoms with Gasteiger partial charge >= 0.3 is 0 Å². The molecule has 1 heterocycles. The van der Waals surface area contributed by atoms with Crippen molar-refractivity contribution in [1.29, 1.82) is 0 Å². The highest BCUT2D eigenvalue weighted by atomic mass is 35.5. The fraction of sp³-hybridized carbons (Fsp3) is 0. The number of nitrogens with zero attached hydrogens (tertiary/aromatic N) is 3. The smallest absolute Gasteiger partial charge is 0.171 e. The maximum absolute atomic E-state index is 5.89. The van der Waals surface area contributed by atoms with Crippen molar-refractivity contribution in [3.05, 3.63) is 78.6 Å². The molecule has 0 saturated heterocycles. The molecule has 3 N–H and O–H groups in total. The summed E-state index contributed by atoms with van der Waals surface area (Å²) in [6.07, 6.45) is 4.89. The number of aromatic nitrogens is 2. The summed E-state index contributed by atoms with van der Waals surface area (Å²) in [5, 5.41) is 9.31. The Hall–Kier alpha value is -3.05. The number of anilines is 1. The van der Waals surface area contributed by atoms with Gasteiger partial charge in [0.1, 0.15) is 5.84 Å². The SMILES string of the molecule is C=C/C(=N\C(=C/N)n1cc2ccccc2n1)Nc1ccc(Cl)cc1. The predicted octanol–water partition coefficient (Wildman–Crippen LogP) is 4.10. The molecule has 0 unspecified atom stereocenters. The maximum Gasteiger partial charge on any atom is 0.171 e. The number of amidine groups is 1. The second-order valence-corrected chi connectivity index (χ2v) is 5.43. The third kappa shape index (κ3) is 3.47. The summed E-state index contributed by atoms with van der Waals surface area (Å²) in [5.41, 5.74) is 7.45. The molecule has 6 heteroatoms. The van der Waals surface area contributed by atoms with Crippen LogP contribution in [0.3, 0.4) is 0 Å². The van der Waals surface area contributed by atoms with Crippen molar-refractivity contribution < 1.29 is 0 Å². The van der Waals surface area contributed by atoms with Crippen molar-refractivity contribution in [2.75, 3.05) is 5.32 Å². The Bertz CT molecular complexity index is 889. The molecule has 0 atom stereocenters.